The van der Waals surface area contributed by atoms with E-state index in [0.717, 1.165) is 0 Å². The molecular formula is C17H14Cl3NO3. The van der Waals surface area contributed by atoms with E-state index in [0.29, 0.717) is 45.0 Å². The van der Waals surface area contributed by atoms with Gasteiger partial charge in [-0.3, -0.25) is 4.79 Å². The van der Waals surface area contributed by atoms with Gasteiger partial charge in [0.25, 0.3) is 5.91 Å². The molecule has 24 heavy (non-hydrogen) atoms. The zero-order valence-electron chi connectivity index (χ0n) is 12.5. The Morgan fingerprint density at radius 3 is 2.62 bits per heavy atom. The van der Waals surface area contributed by atoms with Crippen LogP contribution in [0.2, 0.25) is 15.1 Å². The van der Waals surface area contributed by atoms with Gasteiger partial charge >= 0.3 is 0 Å². The van der Waals surface area contributed by atoms with E-state index in [2.05, 4.69) is 0 Å². The van der Waals surface area contributed by atoms with E-state index in [9.17, 15) is 9.90 Å². The van der Waals surface area contributed by atoms with Gasteiger partial charge in [-0.15, -0.1) is 0 Å². The zero-order chi connectivity index (χ0) is 17.3. The summed E-state index contributed by atoms with van der Waals surface area (Å²) in [5, 5.41) is 11.5. The molecule has 0 saturated heterocycles. The second-order valence-electron chi connectivity index (χ2n) is 5.42. The van der Waals surface area contributed by atoms with Crippen molar-refractivity contribution in [3.05, 3.63) is 57.0 Å². The Labute approximate surface area is 154 Å². The molecule has 0 spiro atoms. The van der Waals surface area contributed by atoms with Gasteiger partial charge in [-0.1, -0.05) is 34.8 Å². The van der Waals surface area contributed by atoms with Gasteiger partial charge in [0.2, 0.25) is 0 Å². The number of nitrogens with zero attached hydrogens (tertiary/aromatic N) is 1. The van der Waals surface area contributed by atoms with Crippen molar-refractivity contribution in [1.82, 2.24) is 0 Å². The summed E-state index contributed by atoms with van der Waals surface area (Å²) in [6, 6.07) is 9.91. The summed E-state index contributed by atoms with van der Waals surface area (Å²) in [6.45, 7) is 0.242. The maximum absolute atomic E-state index is 12.5. The quantitative estimate of drug-likeness (QED) is 0.845. The molecule has 2 aromatic rings. The Hall–Kier alpha value is -1.46. The molecule has 126 valence electrons. The maximum atomic E-state index is 12.5. The van der Waals surface area contributed by atoms with Crippen LogP contribution in [0.3, 0.4) is 0 Å². The first-order valence-corrected chi connectivity index (χ1v) is 8.45. The van der Waals surface area contributed by atoms with Crippen molar-refractivity contribution in [3.63, 3.8) is 0 Å². The normalized spacial score (nSPS) is 16.7. The summed E-state index contributed by atoms with van der Waals surface area (Å²) in [5.41, 5.74) is 1.29. The molecule has 1 amide bonds. The Kier molecular flexibility index (Phi) is 5.21. The summed E-state index contributed by atoms with van der Waals surface area (Å²) < 4.78 is 5.50. The molecule has 0 aliphatic carbocycles. The van der Waals surface area contributed by atoms with E-state index >= 15 is 0 Å². The molecule has 0 saturated carbocycles. The molecule has 1 atom stereocenters. The molecule has 1 aliphatic rings. The number of aliphatic hydroxyl groups excluding tert-OH is 1. The minimum absolute atomic E-state index is 0.167. The number of anilines is 1. The van der Waals surface area contributed by atoms with Crippen LogP contribution in [0.15, 0.2) is 36.4 Å². The summed E-state index contributed by atoms with van der Waals surface area (Å²) in [5.74, 6) is 0.166. The van der Waals surface area contributed by atoms with Crippen molar-refractivity contribution >= 4 is 46.4 Å². The number of ether oxygens (including phenoxy) is 1. The van der Waals surface area contributed by atoms with Gasteiger partial charge in [0, 0.05) is 27.8 Å². The van der Waals surface area contributed by atoms with Gasteiger partial charge in [-0.25, -0.2) is 0 Å². The van der Waals surface area contributed by atoms with E-state index in [4.69, 9.17) is 39.5 Å². The molecule has 3 rings (SSSR count). The third-order valence-corrected chi connectivity index (χ3v) is 4.58. The van der Waals surface area contributed by atoms with Crippen LogP contribution in [-0.2, 0) is 4.79 Å². The van der Waals surface area contributed by atoms with Crippen molar-refractivity contribution in [1.29, 1.82) is 0 Å². The van der Waals surface area contributed by atoms with E-state index in [1.165, 1.54) is 0 Å². The van der Waals surface area contributed by atoms with Crippen LogP contribution < -0.4 is 9.64 Å². The number of hydrogen-bond acceptors (Lipinski definition) is 3. The minimum Gasteiger partial charge on any atom is -0.482 e. The molecule has 1 N–H and O–H groups in total. The average Bonchev–Trinajstić information content (AvgIpc) is 2.54. The second-order valence-corrected chi connectivity index (χ2v) is 6.70. The first kappa shape index (κ1) is 17.4. The lowest BCUT2D eigenvalue weighted by atomic mass is 9.99. The Morgan fingerprint density at radius 2 is 1.88 bits per heavy atom. The number of carbonyl (C=O) groups excluding carboxylic acids is 1. The molecule has 1 heterocycles. The Balaban J connectivity index is 1.75. The smallest absolute Gasteiger partial charge is 0.264 e. The molecule has 0 bridgehead atoms. The highest BCUT2D eigenvalue weighted by Crippen LogP contribution is 2.35. The van der Waals surface area contributed by atoms with Gasteiger partial charge in [-0.05, 0) is 42.8 Å². The number of rotatable bonds is 3. The van der Waals surface area contributed by atoms with E-state index < -0.39 is 6.10 Å². The highest BCUT2D eigenvalue weighted by atomic mass is 35.5. The SMILES string of the molecule is O=C(COc1ccc(Cl)cc1Cl)N1CCC(O)c2cc(Cl)ccc21. The Morgan fingerprint density at radius 1 is 1.17 bits per heavy atom. The van der Waals surface area contributed by atoms with Crippen LogP contribution in [0.5, 0.6) is 5.75 Å². The van der Waals surface area contributed by atoms with Crippen molar-refractivity contribution in [2.24, 2.45) is 0 Å². The van der Waals surface area contributed by atoms with Crippen LogP contribution in [-0.4, -0.2) is 24.2 Å². The molecule has 0 fully saturated rings. The molecule has 1 aliphatic heterocycles. The fourth-order valence-corrected chi connectivity index (χ4v) is 3.28. The molecule has 0 aromatic heterocycles. The number of fused-ring (bicyclic) bond motifs is 1. The number of benzene rings is 2. The topological polar surface area (TPSA) is 49.8 Å². The summed E-state index contributed by atoms with van der Waals surface area (Å²) in [4.78, 5) is 14.1. The fourth-order valence-electron chi connectivity index (χ4n) is 2.63. The van der Waals surface area contributed by atoms with Crippen molar-refractivity contribution in [3.8, 4) is 5.75 Å². The second kappa shape index (κ2) is 7.19. The van der Waals surface area contributed by atoms with Crippen LogP contribution >= 0.6 is 34.8 Å². The molecule has 2 aromatic carbocycles. The molecular weight excluding hydrogens is 373 g/mol. The summed E-state index contributed by atoms with van der Waals surface area (Å²) >= 11 is 17.8. The monoisotopic (exact) mass is 385 g/mol. The van der Waals surface area contributed by atoms with Gasteiger partial charge in [0.1, 0.15) is 5.75 Å². The van der Waals surface area contributed by atoms with Gasteiger partial charge in [-0.2, -0.15) is 0 Å². The van der Waals surface area contributed by atoms with E-state index in [1.54, 1.807) is 41.3 Å². The van der Waals surface area contributed by atoms with Crippen molar-refractivity contribution in [2.45, 2.75) is 12.5 Å². The predicted octanol–water partition coefficient (Wildman–Crippen LogP) is 4.50. The lowest BCUT2D eigenvalue weighted by Gasteiger charge is -2.32. The molecule has 1 unspecified atom stereocenters. The highest BCUT2D eigenvalue weighted by molar-refractivity contribution is 6.35. The number of amides is 1. The fraction of sp³-hybridized carbons (Fsp3) is 0.235. The highest BCUT2D eigenvalue weighted by Gasteiger charge is 2.28. The first-order chi connectivity index (χ1) is 11.5. The van der Waals surface area contributed by atoms with Crippen LogP contribution in [0, 0.1) is 0 Å². The summed E-state index contributed by atoms with van der Waals surface area (Å²) in [6.07, 6.45) is -0.185. The minimum atomic E-state index is -0.630. The van der Waals surface area contributed by atoms with E-state index in [-0.39, 0.29) is 12.5 Å². The van der Waals surface area contributed by atoms with Gasteiger partial charge in [0.05, 0.1) is 11.1 Å². The first-order valence-electron chi connectivity index (χ1n) is 7.31. The van der Waals surface area contributed by atoms with Crippen LogP contribution in [0.25, 0.3) is 0 Å². The van der Waals surface area contributed by atoms with Crippen molar-refractivity contribution in [2.75, 3.05) is 18.1 Å². The average molecular weight is 387 g/mol. The van der Waals surface area contributed by atoms with Gasteiger partial charge in [0.15, 0.2) is 6.61 Å². The molecule has 4 nitrogen and oxygen atoms in total. The van der Waals surface area contributed by atoms with E-state index in [1.807, 2.05) is 0 Å². The standard InChI is InChI=1S/C17H14Cl3NO3/c18-10-1-3-14-12(7-10)15(22)5-6-21(14)17(23)9-24-16-4-2-11(19)8-13(16)20/h1-4,7-8,15,22H,5-6,9H2. The summed E-state index contributed by atoms with van der Waals surface area (Å²) in [7, 11) is 0. The number of halogens is 3. The van der Waals surface area contributed by atoms with Crippen LogP contribution in [0.1, 0.15) is 18.1 Å². The third-order valence-electron chi connectivity index (χ3n) is 3.81. The lowest BCUT2D eigenvalue weighted by molar-refractivity contribution is -0.120. The maximum Gasteiger partial charge on any atom is 0.264 e. The third kappa shape index (κ3) is 3.62. The Bertz CT molecular complexity index is 782. The number of hydrogen-bond donors (Lipinski definition) is 1. The zero-order valence-corrected chi connectivity index (χ0v) is 14.8. The van der Waals surface area contributed by atoms with Crippen LogP contribution in [0.4, 0.5) is 5.69 Å². The lowest BCUT2D eigenvalue weighted by Crippen LogP contribution is -2.39. The molecule has 0 radical (unpaired) electrons. The number of aliphatic hydroxyl groups is 1. The number of carbonyl (C=O) groups is 1. The van der Waals surface area contributed by atoms with Crippen molar-refractivity contribution < 1.29 is 14.6 Å². The van der Waals surface area contributed by atoms with Gasteiger partial charge < -0.3 is 14.7 Å². The predicted molar refractivity (Wildman–Crippen MR) is 95.3 cm³/mol. The molecule has 7 heteroatoms. The largest absolute Gasteiger partial charge is 0.482 e.